The molecule has 0 aromatic heterocycles. The Morgan fingerprint density at radius 3 is 2.14 bits per heavy atom. The number of halogens is 2. The van der Waals surface area contributed by atoms with Gasteiger partial charge in [0.2, 0.25) is 15.9 Å². The van der Waals surface area contributed by atoms with Gasteiger partial charge in [0.25, 0.3) is 10.0 Å². The van der Waals surface area contributed by atoms with Crippen LogP contribution < -0.4 is 9.62 Å². The highest BCUT2D eigenvalue weighted by Crippen LogP contribution is 2.33. The number of nitrogens with one attached hydrogen (secondary N) is 1. The second kappa shape index (κ2) is 11.4. The van der Waals surface area contributed by atoms with Crippen molar-refractivity contribution in [1.29, 1.82) is 0 Å². The van der Waals surface area contributed by atoms with Gasteiger partial charge in [-0.05, 0) is 67.4 Å². The molecule has 1 heterocycles. The van der Waals surface area contributed by atoms with E-state index in [2.05, 4.69) is 5.32 Å². The fourth-order valence-electron chi connectivity index (χ4n) is 3.99. The molecule has 8 nitrogen and oxygen atoms in total. The number of carbonyl (C=O) groups is 1. The zero-order valence-electron chi connectivity index (χ0n) is 19.7. The van der Waals surface area contributed by atoms with Crippen LogP contribution in [0.4, 0.5) is 11.4 Å². The third-order valence-corrected chi connectivity index (χ3v) is 10.1. The molecule has 3 aromatic rings. The summed E-state index contributed by atoms with van der Waals surface area (Å²) in [5, 5.41) is 2.98. The first-order valence-corrected chi connectivity index (χ1v) is 15.2. The van der Waals surface area contributed by atoms with Crippen molar-refractivity contribution in [3.8, 4) is 0 Å². The van der Waals surface area contributed by atoms with Gasteiger partial charge in [0.05, 0.1) is 20.5 Å². The van der Waals surface area contributed by atoms with E-state index in [0.717, 1.165) is 23.6 Å². The summed E-state index contributed by atoms with van der Waals surface area (Å²) in [5.41, 5.74) is 0.369. The molecule has 1 aliphatic rings. The maximum Gasteiger partial charge on any atom is 0.264 e. The Balaban J connectivity index is 1.56. The lowest BCUT2D eigenvalue weighted by Crippen LogP contribution is -2.38. The predicted molar refractivity (Wildman–Crippen MR) is 145 cm³/mol. The second-order valence-corrected chi connectivity index (χ2v) is 13.1. The normalized spacial score (nSPS) is 14.8. The maximum absolute atomic E-state index is 13.5. The first-order valence-electron chi connectivity index (χ1n) is 11.5. The second-order valence-electron chi connectivity index (χ2n) is 8.46. The van der Waals surface area contributed by atoms with Crippen LogP contribution in [0.5, 0.6) is 0 Å². The molecule has 196 valence electrons. The highest BCUT2D eigenvalue weighted by molar-refractivity contribution is 7.93. The van der Waals surface area contributed by atoms with Crippen LogP contribution in [-0.4, -0.2) is 46.7 Å². The van der Waals surface area contributed by atoms with E-state index < -0.39 is 32.5 Å². The molecule has 0 bridgehead atoms. The number of carbonyl (C=O) groups excluding carboxylic acids is 1. The summed E-state index contributed by atoms with van der Waals surface area (Å²) in [5.74, 6) is -0.651. The summed E-state index contributed by atoms with van der Waals surface area (Å²) in [6.07, 6.45) is 2.66. The van der Waals surface area contributed by atoms with Crippen LogP contribution in [0, 0.1) is 0 Å². The molecular formula is C25H25Cl2N3O5S2. The average Bonchev–Trinajstić information content (AvgIpc) is 2.90. The smallest absolute Gasteiger partial charge is 0.264 e. The topological polar surface area (TPSA) is 104 Å². The summed E-state index contributed by atoms with van der Waals surface area (Å²) in [6, 6.07) is 17.8. The van der Waals surface area contributed by atoms with Gasteiger partial charge in [0.1, 0.15) is 6.54 Å². The molecule has 4 rings (SSSR count). The van der Waals surface area contributed by atoms with E-state index in [1.54, 1.807) is 18.2 Å². The van der Waals surface area contributed by atoms with Crippen molar-refractivity contribution in [3.63, 3.8) is 0 Å². The summed E-state index contributed by atoms with van der Waals surface area (Å²) in [6.45, 7) is 0.377. The third kappa shape index (κ3) is 6.27. The highest BCUT2D eigenvalue weighted by Gasteiger charge is 2.29. The summed E-state index contributed by atoms with van der Waals surface area (Å²) in [7, 11) is -7.79. The minimum absolute atomic E-state index is 0.0221. The molecule has 1 N–H and O–H groups in total. The van der Waals surface area contributed by atoms with Crippen LogP contribution in [0.2, 0.25) is 10.0 Å². The van der Waals surface area contributed by atoms with Gasteiger partial charge in [0, 0.05) is 23.8 Å². The van der Waals surface area contributed by atoms with E-state index in [-0.39, 0.29) is 25.5 Å². The van der Waals surface area contributed by atoms with Gasteiger partial charge in [-0.15, -0.1) is 0 Å². The highest BCUT2D eigenvalue weighted by atomic mass is 35.5. The van der Waals surface area contributed by atoms with Crippen LogP contribution in [0.15, 0.2) is 82.6 Å². The molecule has 1 fully saturated rings. The maximum atomic E-state index is 13.5. The van der Waals surface area contributed by atoms with Crippen molar-refractivity contribution in [2.75, 3.05) is 29.3 Å². The van der Waals surface area contributed by atoms with E-state index in [4.69, 9.17) is 23.2 Å². The molecule has 0 radical (unpaired) electrons. The molecule has 37 heavy (non-hydrogen) atoms. The predicted octanol–water partition coefficient (Wildman–Crippen LogP) is 5.00. The van der Waals surface area contributed by atoms with Gasteiger partial charge in [-0.25, -0.2) is 16.8 Å². The SMILES string of the molecule is O=C(CN(c1cc(Cl)ccc1Cl)S(=O)(=O)c1ccccc1)Nc1ccc(S(=O)(=O)N2CCCCC2)cc1. The average molecular weight is 583 g/mol. The Hall–Kier alpha value is -2.63. The van der Waals surface area contributed by atoms with Gasteiger partial charge in [-0.2, -0.15) is 4.31 Å². The molecule has 1 amide bonds. The molecule has 12 heteroatoms. The monoisotopic (exact) mass is 581 g/mol. The lowest BCUT2D eigenvalue weighted by molar-refractivity contribution is -0.114. The lowest BCUT2D eigenvalue weighted by atomic mass is 10.2. The number of nitrogens with zero attached hydrogens (tertiary/aromatic N) is 2. The van der Waals surface area contributed by atoms with Crippen LogP contribution >= 0.6 is 23.2 Å². The summed E-state index contributed by atoms with van der Waals surface area (Å²) in [4.78, 5) is 13.1. The molecule has 0 aliphatic carbocycles. The molecule has 1 aliphatic heterocycles. The number of hydrogen-bond acceptors (Lipinski definition) is 5. The minimum Gasteiger partial charge on any atom is -0.325 e. The Kier molecular flexibility index (Phi) is 8.45. The first-order chi connectivity index (χ1) is 17.6. The zero-order chi connectivity index (χ0) is 26.6. The van der Waals surface area contributed by atoms with Gasteiger partial charge in [0.15, 0.2) is 0 Å². The standard InChI is InChI=1S/C25H25Cl2N3O5S2/c26-19-9-14-23(27)24(17-19)30(37(34,35)21-7-3-1-4-8-21)18-25(31)28-20-10-12-22(13-11-20)36(32,33)29-15-5-2-6-16-29/h1,3-4,7-14,17H,2,5-6,15-16,18H2,(H,28,31). The van der Waals surface area contributed by atoms with Crippen molar-refractivity contribution in [3.05, 3.63) is 82.8 Å². The van der Waals surface area contributed by atoms with E-state index in [0.29, 0.717) is 18.8 Å². The molecule has 0 unspecified atom stereocenters. The number of rotatable bonds is 8. The number of anilines is 2. The zero-order valence-corrected chi connectivity index (χ0v) is 22.8. The molecule has 0 atom stereocenters. The number of benzene rings is 3. The number of amides is 1. The summed E-state index contributed by atoms with van der Waals surface area (Å²) < 4.78 is 55.0. The van der Waals surface area contributed by atoms with E-state index in [9.17, 15) is 21.6 Å². The third-order valence-electron chi connectivity index (χ3n) is 5.89. The number of piperidine rings is 1. The Morgan fingerprint density at radius 2 is 1.49 bits per heavy atom. The largest absolute Gasteiger partial charge is 0.325 e. The molecule has 0 spiro atoms. The van der Waals surface area contributed by atoms with Crippen molar-refractivity contribution in [1.82, 2.24) is 4.31 Å². The summed E-state index contributed by atoms with van der Waals surface area (Å²) >= 11 is 12.4. The molecular weight excluding hydrogens is 557 g/mol. The van der Waals surface area contributed by atoms with Crippen LogP contribution in [0.25, 0.3) is 0 Å². The fourth-order valence-corrected chi connectivity index (χ4v) is 7.40. The van der Waals surface area contributed by atoms with E-state index in [1.807, 2.05) is 0 Å². The van der Waals surface area contributed by atoms with Crippen LogP contribution in [-0.2, 0) is 24.8 Å². The molecule has 3 aromatic carbocycles. The molecule has 0 saturated carbocycles. The van der Waals surface area contributed by atoms with E-state index >= 15 is 0 Å². The number of hydrogen-bond donors (Lipinski definition) is 1. The van der Waals surface area contributed by atoms with Crippen molar-refractivity contribution in [2.45, 2.75) is 29.1 Å². The van der Waals surface area contributed by atoms with E-state index in [1.165, 1.54) is 58.9 Å². The minimum atomic E-state index is -4.17. The van der Waals surface area contributed by atoms with Crippen LogP contribution in [0.1, 0.15) is 19.3 Å². The van der Waals surface area contributed by atoms with Gasteiger partial charge in [-0.3, -0.25) is 9.10 Å². The van der Waals surface area contributed by atoms with Crippen molar-refractivity contribution < 1.29 is 21.6 Å². The number of sulfonamides is 2. The van der Waals surface area contributed by atoms with Gasteiger partial charge >= 0.3 is 0 Å². The van der Waals surface area contributed by atoms with Crippen molar-refractivity contribution in [2.24, 2.45) is 0 Å². The first kappa shape index (κ1) is 27.4. The lowest BCUT2D eigenvalue weighted by Gasteiger charge is -2.26. The quantitative estimate of drug-likeness (QED) is 0.403. The van der Waals surface area contributed by atoms with Gasteiger partial charge in [-0.1, -0.05) is 47.8 Å². The van der Waals surface area contributed by atoms with Crippen molar-refractivity contribution >= 4 is 60.5 Å². The Bertz CT molecular complexity index is 1480. The van der Waals surface area contributed by atoms with Gasteiger partial charge < -0.3 is 5.32 Å². The Labute approximate surface area is 226 Å². The Morgan fingerprint density at radius 1 is 0.838 bits per heavy atom. The fraction of sp³-hybridized carbons (Fsp3) is 0.240. The van der Waals surface area contributed by atoms with Crippen LogP contribution in [0.3, 0.4) is 0 Å². The molecule has 1 saturated heterocycles.